The summed E-state index contributed by atoms with van der Waals surface area (Å²) in [7, 11) is 0. The fourth-order valence-electron chi connectivity index (χ4n) is 1.67. The molecule has 1 N–H and O–H groups in total. The predicted octanol–water partition coefficient (Wildman–Crippen LogP) is 3.47. The zero-order valence-electron chi connectivity index (χ0n) is 9.82. The molecule has 1 unspecified atom stereocenters. The SMILES string of the molecule is O=C(O)C(Cc1ccccc1)Sc1ccccc1. The van der Waals surface area contributed by atoms with E-state index in [4.69, 9.17) is 0 Å². The summed E-state index contributed by atoms with van der Waals surface area (Å²) in [5.41, 5.74) is 1.05. The summed E-state index contributed by atoms with van der Waals surface area (Å²) in [5.74, 6) is -0.771. The van der Waals surface area contributed by atoms with Crippen LogP contribution in [0.4, 0.5) is 0 Å². The number of thioether (sulfide) groups is 1. The van der Waals surface area contributed by atoms with E-state index in [9.17, 15) is 9.90 Å². The number of rotatable bonds is 5. The summed E-state index contributed by atoms with van der Waals surface area (Å²) in [5, 5.41) is 8.83. The summed E-state index contributed by atoms with van der Waals surface area (Å²) in [6, 6.07) is 19.4. The second-order valence-corrected chi connectivity index (χ2v) is 5.22. The first-order valence-electron chi connectivity index (χ1n) is 5.74. The molecule has 3 heteroatoms. The normalized spacial score (nSPS) is 12.0. The molecule has 0 saturated heterocycles. The second-order valence-electron chi connectivity index (χ2n) is 3.95. The molecule has 18 heavy (non-hydrogen) atoms. The number of hydrogen-bond acceptors (Lipinski definition) is 2. The van der Waals surface area contributed by atoms with E-state index >= 15 is 0 Å². The maximum atomic E-state index is 11.3. The van der Waals surface area contributed by atoms with E-state index in [2.05, 4.69) is 0 Å². The van der Waals surface area contributed by atoms with Gasteiger partial charge in [-0.15, -0.1) is 11.8 Å². The van der Waals surface area contributed by atoms with Crippen LogP contribution < -0.4 is 0 Å². The first kappa shape index (κ1) is 12.7. The lowest BCUT2D eigenvalue weighted by Gasteiger charge is -2.12. The predicted molar refractivity (Wildman–Crippen MR) is 73.9 cm³/mol. The summed E-state index contributed by atoms with van der Waals surface area (Å²) in [4.78, 5) is 12.3. The lowest BCUT2D eigenvalue weighted by Crippen LogP contribution is -2.19. The Balaban J connectivity index is 2.08. The third-order valence-corrected chi connectivity index (χ3v) is 3.76. The van der Waals surface area contributed by atoms with Gasteiger partial charge in [0.1, 0.15) is 5.25 Å². The van der Waals surface area contributed by atoms with Crippen molar-refractivity contribution in [2.24, 2.45) is 0 Å². The Kier molecular flexibility index (Phi) is 4.42. The number of aliphatic carboxylic acids is 1. The molecule has 0 saturated carbocycles. The molecule has 0 heterocycles. The molecule has 2 aromatic rings. The maximum Gasteiger partial charge on any atom is 0.317 e. The van der Waals surface area contributed by atoms with Crippen molar-refractivity contribution in [1.82, 2.24) is 0 Å². The quantitative estimate of drug-likeness (QED) is 0.834. The third-order valence-electron chi connectivity index (χ3n) is 2.56. The van der Waals surface area contributed by atoms with Crippen molar-refractivity contribution in [2.75, 3.05) is 0 Å². The lowest BCUT2D eigenvalue weighted by molar-refractivity contribution is -0.136. The molecule has 2 nitrogen and oxygen atoms in total. The van der Waals surface area contributed by atoms with Crippen molar-refractivity contribution in [3.63, 3.8) is 0 Å². The smallest absolute Gasteiger partial charge is 0.317 e. The number of carboxylic acids is 1. The van der Waals surface area contributed by atoms with Crippen molar-refractivity contribution < 1.29 is 9.90 Å². The summed E-state index contributed by atoms with van der Waals surface area (Å²) in [6.45, 7) is 0. The molecule has 0 aliphatic carbocycles. The third kappa shape index (κ3) is 3.64. The first-order chi connectivity index (χ1) is 8.75. The minimum Gasteiger partial charge on any atom is -0.480 e. The second kappa shape index (κ2) is 6.26. The molecule has 2 rings (SSSR count). The van der Waals surface area contributed by atoms with E-state index in [0.29, 0.717) is 6.42 Å². The molecule has 0 fully saturated rings. The van der Waals surface area contributed by atoms with Gasteiger partial charge in [0.15, 0.2) is 0 Å². The van der Waals surface area contributed by atoms with Crippen LogP contribution in [0.1, 0.15) is 5.56 Å². The van der Waals surface area contributed by atoms with Gasteiger partial charge in [0.2, 0.25) is 0 Å². The molecule has 1 atom stereocenters. The maximum absolute atomic E-state index is 11.3. The van der Waals surface area contributed by atoms with Crippen LogP contribution in [0.3, 0.4) is 0 Å². The van der Waals surface area contributed by atoms with Crippen LogP contribution in [0.2, 0.25) is 0 Å². The summed E-state index contributed by atoms with van der Waals surface area (Å²) in [6.07, 6.45) is 0.537. The van der Waals surface area contributed by atoms with Crippen LogP contribution in [0.5, 0.6) is 0 Å². The Hall–Kier alpha value is -1.74. The minimum absolute atomic E-state index is 0.449. The van der Waals surface area contributed by atoms with E-state index in [0.717, 1.165) is 10.5 Å². The van der Waals surface area contributed by atoms with Crippen LogP contribution in [0, 0.1) is 0 Å². The zero-order valence-corrected chi connectivity index (χ0v) is 10.6. The van der Waals surface area contributed by atoms with Gasteiger partial charge in [0, 0.05) is 4.90 Å². The molecular weight excluding hydrogens is 244 g/mol. The molecule has 0 amide bonds. The highest BCUT2D eigenvalue weighted by atomic mass is 32.2. The molecule has 0 aromatic heterocycles. The van der Waals surface area contributed by atoms with Crippen molar-refractivity contribution in [1.29, 1.82) is 0 Å². The summed E-state index contributed by atoms with van der Waals surface area (Å²) >= 11 is 1.39. The van der Waals surface area contributed by atoms with E-state index in [1.807, 2.05) is 60.7 Å². The average Bonchev–Trinajstić information content (AvgIpc) is 2.40. The van der Waals surface area contributed by atoms with Crippen molar-refractivity contribution in [3.8, 4) is 0 Å². The van der Waals surface area contributed by atoms with Gasteiger partial charge in [-0.3, -0.25) is 4.79 Å². The molecule has 92 valence electrons. The molecule has 0 radical (unpaired) electrons. The van der Waals surface area contributed by atoms with E-state index in [-0.39, 0.29) is 0 Å². The average molecular weight is 258 g/mol. The molecule has 0 spiro atoms. The fourth-order valence-corrected chi connectivity index (χ4v) is 2.69. The lowest BCUT2D eigenvalue weighted by atomic mass is 10.1. The molecule has 0 bridgehead atoms. The number of carboxylic acid groups (broad SMARTS) is 1. The number of hydrogen-bond donors (Lipinski definition) is 1. The Morgan fingerprint density at radius 3 is 2.11 bits per heavy atom. The Bertz CT molecular complexity index is 455. The Labute approximate surface area is 111 Å². The highest BCUT2D eigenvalue weighted by molar-refractivity contribution is 8.00. The first-order valence-corrected chi connectivity index (χ1v) is 6.62. The largest absolute Gasteiger partial charge is 0.480 e. The minimum atomic E-state index is -0.771. The van der Waals surface area contributed by atoms with Crippen molar-refractivity contribution in [3.05, 3.63) is 66.2 Å². The zero-order chi connectivity index (χ0) is 12.8. The van der Waals surface area contributed by atoms with Gasteiger partial charge < -0.3 is 5.11 Å². The molecule has 2 aromatic carbocycles. The van der Waals surface area contributed by atoms with Crippen LogP contribution in [0.15, 0.2) is 65.6 Å². The van der Waals surface area contributed by atoms with Gasteiger partial charge in [-0.05, 0) is 24.1 Å². The van der Waals surface area contributed by atoms with Gasteiger partial charge in [0.25, 0.3) is 0 Å². The van der Waals surface area contributed by atoms with Crippen molar-refractivity contribution >= 4 is 17.7 Å². The fraction of sp³-hybridized carbons (Fsp3) is 0.133. The topological polar surface area (TPSA) is 37.3 Å². The molecule has 0 aliphatic rings. The molecule has 0 aliphatic heterocycles. The number of carbonyl (C=O) groups is 1. The highest BCUT2D eigenvalue weighted by Gasteiger charge is 2.19. The van der Waals surface area contributed by atoms with Gasteiger partial charge in [-0.1, -0.05) is 48.5 Å². The Morgan fingerprint density at radius 2 is 1.56 bits per heavy atom. The standard InChI is InChI=1S/C15H14O2S/c16-15(17)14(11-12-7-3-1-4-8-12)18-13-9-5-2-6-10-13/h1-10,14H,11H2,(H,16,17). The number of benzene rings is 2. The van der Waals surface area contributed by atoms with Gasteiger partial charge in [0.05, 0.1) is 0 Å². The van der Waals surface area contributed by atoms with Crippen LogP contribution in [-0.4, -0.2) is 16.3 Å². The van der Waals surface area contributed by atoms with Crippen LogP contribution >= 0.6 is 11.8 Å². The van der Waals surface area contributed by atoms with Gasteiger partial charge in [-0.25, -0.2) is 0 Å². The van der Waals surface area contributed by atoms with E-state index < -0.39 is 11.2 Å². The Morgan fingerprint density at radius 1 is 1.00 bits per heavy atom. The van der Waals surface area contributed by atoms with Gasteiger partial charge >= 0.3 is 5.97 Å². The van der Waals surface area contributed by atoms with Crippen LogP contribution in [-0.2, 0) is 11.2 Å². The molecular formula is C15H14O2S. The van der Waals surface area contributed by atoms with Gasteiger partial charge in [-0.2, -0.15) is 0 Å². The monoisotopic (exact) mass is 258 g/mol. The van der Waals surface area contributed by atoms with Crippen molar-refractivity contribution in [2.45, 2.75) is 16.6 Å². The van der Waals surface area contributed by atoms with E-state index in [1.54, 1.807) is 0 Å². The summed E-state index contributed by atoms with van der Waals surface area (Å²) < 4.78 is 0. The highest BCUT2D eigenvalue weighted by Crippen LogP contribution is 2.25. The van der Waals surface area contributed by atoms with Crippen LogP contribution in [0.25, 0.3) is 0 Å². The van der Waals surface area contributed by atoms with E-state index in [1.165, 1.54) is 11.8 Å².